The third-order valence-corrected chi connectivity index (χ3v) is 4.88. The number of rotatable bonds is 1. The molecule has 0 aliphatic heterocycles. The highest BCUT2D eigenvalue weighted by molar-refractivity contribution is 5.57. The maximum Gasteiger partial charge on any atom is 0.311 e. The van der Waals surface area contributed by atoms with E-state index < -0.39 is 5.89 Å². The van der Waals surface area contributed by atoms with Crippen LogP contribution in [-0.2, 0) is 0 Å². The highest BCUT2D eigenvalue weighted by Crippen LogP contribution is 2.33. The van der Waals surface area contributed by atoms with Crippen molar-refractivity contribution in [2.24, 2.45) is 0 Å². The fourth-order valence-corrected chi connectivity index (χ4v) is 3.49. The number of aryl methyl sites for hydroxylation is 1. The van der Waals surface area contributed by atoms with E-state index in [9.17, 15) is 0 Å². The average molecular weight is 354 g/mol. The zero-order valence-corrected chi connectivity index (χ0v) is 16.4. The molecule has 2 aromatic carbocycles. The summed E-state index contributed by atoms with van der Waals surface area (Å²) in [4.78, 5) is 4.09. The maximum absolute atomic E-state index is 8.89. The van der Waals surface area contributed by atoms with Crippen molar-refractivity contribution in [1.29, 1.82) is 0 Å². The molecular weight excluding hydrogens is 326 g/mol. The molecule has 1 aliphatic carbocycles. The third kappa shape index (κ3) is 4.82. The first kappa shape index (κ1) is 17.5. The molecule has 0 saturated heterocycles. The topological polar surface area (TPSA) is 4.36 Å². The summed E-state index contributed by atoms with van der Waals surface area (Å²) < 4.78 is 8.89. The molecule has 1 nitrogen and oxygen atoms in total. The van der Waals surface area contributed by atoms with Gasteiger partial charge in [0.05, 0.1) is 0 Å². The van der Waals surface area contributed by atoms with Crippen LogP contribution in [0.3, 0.4) is 0 Å². The summed E-state index contributed by atoms with van der Waals surface area (Å²) in [5.74, 6) is 12.2. The Labute approximate surface area is 165 Å². The standard InChI is InChI=1S/C26H26N/c1-4-8-21-12-11-20(2)17-24(21)15-13-23-14-16-25(18-26(23)19-27-3)22-9-6-5-7-10-22/h11-12,14,16-18,22H,5-7,9-10H2,1-3H3/q+1/i22D. The minimum Gasteiger partial charge on any atom is -0.101 e. The van der Waals surface area contributed by atoms with E-state index in [4.69, 9.17) is 1.37 Å². The first-order chi connectivity index (χ1) is 13.6. The smallest absolute Gasteiger partial charge is 0.101 e. The lowest BCUT2D eigenvalue weighted by Crippen LogP contribution is -2.05. The molecule has 1 aliphatic rings. The Kier molecular flexibility index (Phi) is 5.90. The van der Waals surface area contributed by atoms with E-state index in [1.807, 2.05) is 19.1 Å². The molecule has 0 atom stereocenters. The number of nitrogens with zero attached hydrogens (tertiary/aromatic N) is 1. The van der Waals surface area contributed by atoms with E-state index >= 15 is 0 Å². The lowest BCUT2D eigenvalue weighted by atomic mass is 9.83. The molecule has 0 bridgehead atoms. The number of hydrogen-bond donors (Lipinski definition) is 0. The number of hydrogen-bond acceptors (Lipinski definition) is 0. The average Bonchev–Trinajstić information content (AvgIpc) is 2.69. The van der Waals surface area contributed by atoms with Gasteiger partial charge in [0.1, 0.15) is 5.56 Å². The van der Waals surface area contributed by atoms with Gasteiger partial charge < -0.3 is 0 Å². The van der Waals surface area contributed by atoms with Crippen LogP contribution in [0.2, 0.25) is 0 Å². The molecule has 2 aromatic rings. The van der Waals surface area contributed by atoms with Gasteiger partial charge in [-0.1, -0.05) is 54.0 Å². The van der Waals surface area contributed by atoms with Crippen LogP contribution in [0.25, 0.3) is 4.85 Å². The Bertz CT molecular complexity index is 1050. The van der Waals surface area contributed by atoms with Gasteiger partial charge in [0, 0.05) is 18.1 Å². The molecule has 27 heavy (non-hydrogen) atoms. The van der Waals surface area contributed by atoms with Crippen molar-refractivity contribution in [2.75, 3.05) is 7.05 Å². The predicted molar refractivity (Wildman–Crippen MR) is 114 cm³/mol. The summed E-state index contributed by atoms with van der Waals surface area (Å²) in [5.41, 5.74) is 5.83. The van der Waals surface area contributed by atoms with Gasteiger partial charge in [-0.2, -0.15) is 0 Å². The van der Waals surface area contributed by atoms with Crippen LogP contribution in [0.1, 0.15) is 79.7 Å². The molecule has 0 amide bonds. The van der Waals surface area contributed by atoms with E-state index in [2.05, 4.69) is 65.8 Å². The van der Waals surface area contributed by atoms with E-state index in [0.717, 1.165) is 59.1 Å². The van der Waals surface area contributed by atoms with Crippen LogP contribution in [0.4, 0.5) is 0 Å². The predicted octanol–water partition coefficient (Wildman–Crippen LogP) is 6.12. The van der Waals surface area contributed by atoms with Crippen molar-refractivity contribution in [2.45, 2.75) is 51.8 Å². The summed E-state index contributed by atoms with van der Waals surface area (Å²) in [6, 6.07) is 15.3. The summed E-state index contributed by atoms with van der Waals surface area (Å²) in [6.45, 7) is 3.90. The molecule has 0 N–H and O–H groups in total. The largest absolute Gasteiger partial charge is 0.311 e. The minimum atomic E-state index is -0.491. The second-order valence-corrected chi connectivity index (χ2v) is 6.93. The highest BCUT2D eigenvalue weighted by Gasteiger charge is 2.17. The molecular formula is C26H26N+. The van der Waals surface area contributed by atoms with E-state index in [-0.39, 0.29) is 0 Å². The Morgan fingerprint density at radius 1 is 0.889 bits per heavy atom. The molecule has 1 saturated carbocycles. The monoisotopic (exact) mass is 353 g/mol. The molecule has 1 fully saturated rings. The van der Waals surface area contributed by atoms with Gasteiger partial charge >= 0.3 is 6.07 Å². The molecule has 0 heterocycles. The Hall–Kier alpha value is -2.95. The van der Waals surface area contributed by atoms with Crippen molar-refractivity contribution in [3.05, 3.63) is 74.6 Å². The van der Waals surface area contributed by atoms with Crippen molar-refractivity contribution < 1.29 is 1.37 Å². The summed E-state index contributed by atoms with van der Waals surface area (Å²) >= 11 is 0. The van der Waals surface area contributed by atoms with Crippen LogP contribution in [0.15, 0.2) is 36.4 Å². The van der Waals surface area contributed by atoms with Gasteiger partial charge in [-0.05, 0) is 68.0 Å². The Morgan fingerprint density at radius 3 is 2.33 bits per heavy atom. The Balaban J connectivity index is 2.02. The lowest BCUT2D eigenvalue weighted by molar-refractivity contribution is 0.443. The zero-order valence-electron chi connectivity index (χ0n) is 17.4. The minimum absolute atomic E-state index is 0.491. The van der Waals surface area contributed by atoms with E-state index in [0.29, 0.717) is 0 Å². The van der Waals surface area contributed by atoms with Crippen LogP contribution in [0, 0.1) is 36.7 Å². The summed E-state index contributed by atoms with van der Waals surface area (Å²) in [5, 5.41) is 0. The lowest BCUT2D eigenvalue weighted by Gasteiger charge is -2.22. The van der Waals surface area contributed by atoms with Crippen LogP contribution >= 0.6 is 0 Å². The normalized spacial score (nSPS) is 15.1. The summed E-state index contributed by atoms with van der Waals surface area (Å²) in [6.07, 6.45) is 5.33. The number of benzene rings is 2. The van der Waals surface area contributed by atoms with Gasteiger partial charge in [0.15, 0.2) is 0 Å². The zero-order chi connectivity index (χ0) is 20.0. The van der Waals surface area contributed by atoms with Gasteiger partial charge in [-0.15, -0.1) is 5.92 Å². The molecule has 0 radical (unpaired) electrons. The van der Waals surface area contributed by atoms with Gasteiger partial charge in [0.25, 0.3) is 7.05 Å². The Morgan fingerprint density at radius 2 is 1.59 bits per heavy atom. The van der Waals surface area contributed by atoms with Gasteiger partial charge in [0.2, 0.25) is 0 Å². The van der Waals surface area contributed by atoms with Crippen molar-refractivity contribution >= 4 is 0 Å². The quantitative estimate of drug-likeness (QED) is 0.544. The van der Waals surface area contributed by atoms with Crippen LogP contribution < -0.4 is 0 Å². The third-order valence-electron chi connectivity index (χ3n) is 4.88. The van der Waals surface area contributed by atoms with Gasteiger partial charge in [-0.25, -0.2) is 0 Å². The maximum atomic E-state index is 8.89. The fraction of sp³-hybridized carbons (Fsp3) is 0.346. The molecule has 0 aromatic heterocycles. The molecule has 1 heteroatoms. The van der Waals surface area contributed by atoms with E-state index in [1.54, 1.807) is 7.05 Å². The molecule has 0 unspecified atom stereocenters. The molecule has 3 rings (SSSR count). The SMILES string of the molecule is [2H]C1(c2ccc(C#Cc3cc(C)ccc3C#CC)c(C#[N+]C)c2)CCCCC1. The van der Waals surface area contributed by atoms with Crippen molar-refractivity contribution in [3.8, 4) is 29.8 Å². The first-order valence-corrected chi connectivity index (χ1v) is 9.60. The van der Waals surface area contributed by atoms with Crippen molar-refractivity contribution in [1.82, 2.24) is 0 Å². The molecule has 0 spiro atoms. The first-order valence-electron chi connectivity index (χ1n) is 10.1. The van der Waals surface area contributed by atoms with Crippen LogP contribution in [-0.4, -0.2) is 7.05 Å². The van der Waals surface area contributed by atoms with E-state index in [1.165, 1.54) is 6.42 Å². The second kappa shape index (κ2) is 9.12. The fourth-order valence-electron chi connectivity index (χ4n) is 3.49. The summed E-state index contributed by atoms with van der Waals surface area (Å²) in [7, 11) is 1.72. The van der Waals surface area contributed by atoms with Crippen LogP contribution in [0.5, 0.6) is 0 Å². The second-order valence-electron chi connectivity index (χ2n) is 6.93. The van der Waals surface area contributed by atoms with Crippen molar-refractivity contribution in [3.63, 3.8) is 0 Å². The molecule has 134 valence electrons. The van der Waals surface area contributed by atoms with Gasteiger partial charge in [-0.3, -0.25) is 0 Å². The highest BCUT2D eigenvalue weighted by atomic mass is 14.6.